The highest BCUT2D eigenvalue weighted by atomic mass is 15.2. The second-order valence-electron chi connectivity index (χ2n) is 4.79. The summed E-state index contributed by atoms with van der Waals surface area (Å²) in [7, 11) is 0. The molecule has 0 aromatic carbocycles. The molecule has 1 unspecified atom stereocenters. The van der Waals surface area contributed by atoms with Crippen molar-refractivity contribution in [1.29, 1.82) is 5.26 Å². The van der Waals surface area contributed by atoms with Crippen LogP contribution in [0.1, 0.15) is 43.0 Å². The van der Waals surface area contributed by atoms with Gasteiger partial charge in [0, 0.05) is 18.3 Å². The number of hydrogen-bond acceptors (Lipinski definition) is 3. The molecule has 0 spiro atoms. The van der Waals surface area contributed by atoms with Gasteiger partial charge in [-0.05, 0) is 44.7 Å². The Kier molecular flexibility index (Phi) is 3.33. The molecule has 90 valence electrons. The molecule has 1 aliphatic rings. The highest BCUT2D eigenvalue weighted by Gasteiger charge is 2.26. The van der Waals surface area contributed by atoms with E-state index in [-0.39, 0.29) is 0 Å². The highest BCUT2D eigenvalue weighted by Crippen LogP contribution is 2.30. The van der Waals surface area contributed by atoms with E-state index in [2.05, 4.69) is 22.9 Å². The molecule has 3 nitrogen and oxygen atoms in total. The molecule has 3 heteroatoms. The van der Waals surface area contributed by atoms with Crippen molar-refractivity contribution in [2.45, 2.75) is 46.1 Å². The molecule has 1 atom stereocenters. The van der Waals surface area contributed by atoms with E-state index >= 15 is 0 Å². The third-order valence-corrected chi connectivity index (χ3v) is 3.56. The number of anilines is 1. The Morgan fingerprint density at radius 2 is 2.29 bits per heavy atom. The Morgan fingerprint density at radius 3 is 2.94 bits per heavy atom. The molecule has 0 amide bonds. The van der Waals surface area contributed by atoms with Crippen molar-refractivity contribution in [3.63, 3.8) is 0 Å². The molecule has 17 heavy (non-hydrogen) atoms. The average molecular weight is 229 g/mol. The van der Waals surface area contributed by atoms with Gasteiger partial charge in [0.1, 0.15) is 11.9 Å². The number of rotatable bonds is 2. The lowest BCUT2D eigenvalue weighted by molar-refractivity contribution is 0.639. The maximum Gasteiger partial charge on any atom is 0.147 e. The zero-order valence-electron chi connectivity index (χ0n) is 10.8. The standard InChI is InChI=1S/C14H19N3/c1-4-12-6-5-7-17(12)14-13(9-15)10(2)8-11(3)16-14/h8,12H,4-7H2,1-3H3. The van der Waals surface area contributed by atoms with Crippen LogP contribution in [0.2, 0.25) is 0 Å². The van der Waals surface area contributed by atoms with Gasteiger partial charge in [-0.25, -0.2) is 4.98 Å². The molecule has 1 saturated heterocycles. The summed E-state index contributed by atoms with van der Waals surface area (Å²) in [6.07, 6.45) is 3.55. The van der Waals surface area contributed by atoms with Crippen LogP contribution in [0.3, 0.4) is 0 Å². The molecule has 0 N–H and O–H groups in total. The minimum Gasteiger partial charge on any atom is -0.353 e. The summed E-state index contributed by atoms with van der Waals surface area (Å²) in [4.78, 5) is 6.91. The van der Waals surface area contributed by atoms with Crippen LogP contribution in [0, 0.1) is 25.2 Å². The van der Waals surface area contributed by atoms with Crippen LogP contribution in [-0.2, 0) is 0 Å². The van der Waals surface area contributed by atoms with Gasteiger partial charge in [0.05, 0.1) is 5.56 Å². The van der Waals surface area contributed by atoms with Crippen molar-refractivity contribution in [1.82, 2.24) is 4.98 Å². The van der Waals surface area contributed by atoms with E-state index in [0.29, 0.717) is 6.04 Å². The normalized spacial score (nSPS) is 19.4. The van der Waals surface area contributed by atoms with Crippen molar-refractivity contribution < 1.29 is 0 Å². The molecule has 1 fully saturated rings. The van der Waals surface area contributed by atoms with Gasteiger partial charge in [0.15, 0.2) is 0 Å². The van der Waals surface area contributed by atoms with Crippen molar-refractivity contribution in [3.05, 3.63) is 22.9 Å². The molecule has 0 saturated carbocycles. The molecule has 0 bridgehead atoms. The summed E-state index contributed by atoms with van der Waals surface area (Å²) in [5.41, 5.74) is 2.78. The van der Waals surface area contributed by atoms with Gasteiger partial charge in [0.25, 0.3) is 0 Å². The monoisotopic (exact) mass is 229 g/mol. The largest absolute Gasteiger partial charge is 0.353 e. The van der Waals surface area contributed by atoms with E-state index in [1.165, 1.54) is 12.8 Å². The smallest absolute Gasteiger partial charge is 0.147 e. The number of nitriles is 1. The van der Waals surface area contributed by atoms with Crippen LogP contribution >= 0.6 is 0 Å². The second-order valence-corrected chi connectivity index (χ2v) is 4.79. The van der Waals surface area contributed by atoms with Crippen LogP contribution < -0.4 is 4.90 Å². The Hall–Kier alpha value is -1.56. The third-order valence-electron chi connectivity index (χ3n) is 3.56. The highest BCUT2D eigenvalue weighted by molar-refractivity contribution is 5.59. The van der Waals surface area contributed by atoms with Crippen molar-refractivity contribution >= 4 is 5.82 Å². The number of pyridine rings is 1. The molecule has 1 aromatic heterocycles. The third kappa shape index (κ3) is 2.12. The summed E-state index contributed by atoms with van der Waals surface area (Å²) >= 11 is 0. The van der Waals surface area contributed by atoms with Gasteiger partial charge in [0.2, 0.25) is 0 Å². The second kappa shape index (κ2) is 4.75. The van der Waals surface area contributed by atoms with Gasteiger partial charge in [-0.1, -0.05) is 6.92 Å². The lowest BCUT2D eigenvalue weighted by Crippen LogP contribution is -2.30. The van der Waals surface area contributed by atoms with Gasteiger partial charge >= 0.3 is 0 Å². The molecular weight excluding hydrogens is 210 g/mol. The van der Waals surface area contributed by atoms with Crippen LogP contribution in [-0.4, -0.2) is 17.6 Å². The summed E-state index contributed by atoms with van der Waals surface area (Å²) in [6, 6.07) is 4.85. The lowest BCUT2D eigenvalue weighted by Gasteiger charge is -2.26. The summed E-state index contributed by atoms with van der Waals surface area (Å²) in [6.45, 7) is 7.23. The molecule has 1 aromatic rings. The quantitative estimate of drug-likeness (QED) is 0.782. The summed E-state index contributed by atoms with van der Waals surface area (Å²) in [5.74, 6) is 0.898. The van der Waals surface area contributed by atoms with E-state index in [9.17, 15) is 5.26 Å². The zero-order valence-corrected chi connectivity index (χ0v) is 10.8. The van der Waals surface area contributed by atoms with Gasteiger partial charge < -0.3 is 4.90 Å². The SMILES string of the molecule is CCC1CCCN1c1nc(C)cc(C)c1C#N. The minimum atomic E-state index is 0.552. The van der Waals surface area contributed by atoms with Crippen molar-refractivity contribution in [3.8, 4) is 6.07 Å². The molecule has 2 heterocycles. The Balaban J connectivity index is 2.47. The first-order valence-electron chi connectivity index (χ1n) is 6.32. The number of aryl methyl sites for hydroxylation is 2. The van der Waals surface area contributed by atoms with E-state index in [0.717, 1.165) is 35.6 Å². The maximum atomic E-state index is 9.29. The van der Waals surface area contributed by atoms with Crippen LogP contribution in [0.5, 0.6) is 0 Å². The topological polar surface area (TPSA) is 39.9 Å². The van der Waals surface area contributed by atoms with Gasteiger partial charge in [-0.3, -0.25) is 0 Å². The zero-order chi connectivity index (χ0) is 12.4. The first-order chi connectivity index (χ1) is 8.17. The average Bonchev–Trinajstić information content (AvgIpc) is 2.75. The Labute approximate surface area is 103 Å². The lowest BCUT2D eigenvalue weighted by atomic mass is 10.1. The number of hydrogen-bond donors (Lipinski definition) is 0. The molecule has 0 aliphatic carbocycles. The first kappa shape index (κ1) is 11.9. The minimum absolute atomic E-state index is 0.552. The fraction of sp³-hybridized carbons (Fsp3) is 0.571. The van der Waals surface area contributed by atoms with E-state index < -0.39 is 0 Å². The maximum absolute atomic E-state index is 9.29. The fourth-order valence-electron chi connectivity index (χ4n) is 2.70. The molecule has 1 aliphatic heterocycles. The Bertz CT molecular complexity index is 459. The van der Waals surface area contributed by atoms with E-state index in [4.69, 9.17) is 0 Å². The van der Waals surface area contributed by atoms with E-state index in [1.807, 2.05) is 19.9 Å². The summed E-state index contributed by atoms with van der Waals surface area (Å²) < 4.78 is 0. The molecule has 0 radical (unpaired) electrons. The van der Waals surface area contributed by atoms with Crippen LogP contribution in [0.4, 0.5) is 5.82 Å². The summed E-state index contributed by atoms with van der Waals surface area (Å²) in [5, 5.41) is 9.29. The Morgan fingerprint density at radius 1 is 1.53 bits per heavy atom. The van der Waals surface area contributed by atoms with Gasteiger partial charge in [-0.2, -0.15) is 5.26 Å². The van der Waals surface area contributed by atoms with Crippen LogP contribution in [0.15, 0.2) is 6.07 Å². The van der Waals surface area contributed by atoms with Crippen molar-refractivity contribution in [2.75, 3.05) is 11.4 Å². The first-order valence-corrected chi connectivity index (χ1v) is 6.32. The molecule has 2 rings (SSSR count). The molecular formula is C14H19N3. The predicted octanol–water partition coefficient (Wildman–Crippen LogP) is 2.95. The van der Waals surface area contributed by atoms with Gasteiger partial charge in [-0.15, -0.1) is 0 Å². The number of aromatic nitrogens is 1. The van der Waals surface area contributed by atoms with E-state index in [1.54, 1.807) is 0 Å². The number of nitrogens with zero attached hydrogens (tertiary/aromatic N) is 3. The van der Waals surface area contributed by atoms with Crippen LogP contribution in [0.25, 0.3) is 0 Å². The fourth-order valence-corrected chi connectivity index (χ4v) is 2.70. The predicted molar refractivity (Wildman–Crippen MR) is 69.1 cm³/mol. The van der Waals surface area contributed by atoms with Crippen molar-refractivity contribution in [2.24, 2.45) is 0 Å².